The maximum absolute atomic E-state index is 12.0. The van der Waals surface area contributed by atoms with Crippen molar-refractivity contribution >= 4 is 17.6 Å². The van der Waals surface area contributed by atoms with E-state index in [1.165, 1.54) is 0 Å². The van der Waals surface area contributed by atoms with Crippen molar-refractivity contribution < 1.29 is 14.3 Å². The van der Waals surface area contributed by atoms with E-state index in [9.17, 15) is 9.59 Å². The zero-order chi connectivity index (χ0) is 16.7. The summed E-state index contributed by atoms with van der Waals surface area (Å²) in [6.45, 7) is 1.93. The quantitative estimate of drug-likeness (QED) is 0.755. The van der Waals surface area contributed by atoms with E-state index in [2.05, 4.69) is 20.9 Å². The van der Waals surface area contributed by atoms with E-state index in [1.807, 2.05) is 7.05 Å². The van der Waals surface area contributed by atoms with Crippen molar-refractivity contribution in [3.63, 3.8) is 0 Å². The Balaban J connectivity index is 1.76. The number of likely N-dealkylation sites (N-methyl/N-ethyl adjacent to an activating group) is 1. The molecule has 0 bridgehead atoms. The van der Waals surface area contributed by atoms with Gasteiger partial charge in [0.2, 0.25) is 5.91 Å². The Morgan fingerprint density at radius 2 is 2.04 bits per heavy atom. The molecule has 126 valence electrons. The number of likely N-dealkylation sites (tertiary alicyclic amines) is 1. The van der Waals surface area contributed by atoms with Crippen LogP contribution >= 0.6 is 0 Å². The zero-order valence-electron chi connectivity index (χ0n) is 13.6. The molecule has 1 aliphatic heterocycles. The summed E-state index contributed by atoms with van der Waals surface area (Å²) < 4.78 is 5.05. The SMILES string of the molecule is CNC1CCCN(CC(=O)NC(=O)Nc2ccc(OC)cc2)C1. The maximum Gasteiger partial charge on any atom is 0.325 e. The largest absolute Gasteiger partial charge is 0.497 e. The van der Waals surface area contributed by atoms with Crippen LogP contribution in [0.5, 0.6) is 5.75 Å². The summed E-state index contributed by atoms with van der Waals surface area (Å²) in [5.41, 5.74) is 0.601. The lowest BCUT2D eigenvalue weighted by Gasteiger charge is -2.31. The van der Waals surface area contributed by atoms with E-state index in [-0.39, 0.29) is 12.5 Å². The number of hydrogen-bond acceptors (Lipinski definition) is 5. The van der Waals surface area contributed by atoms with Gasteiger partial charge in [-0.15, -0.1) is 0 Å². The van der Waals surface area contributed by atoms with Gasteiger partial charge in [0.15, 0.2) is 0 Å². The van der Waals surface area contributed by atoms with E-state index in [0.29, 0.717) is 17.5 Å². The number of nitrogens with zero attached hydrogens (tertiary/aromatic N) is 1. The number of imide groups is 1. The van der Waals surface area contributed by atoms with Gasteiger partial charge in [0, 0.05) is 18.3 Å². The Bertz CT molecular complexity index is 533. The van der Waals surface area contributed by atoms with Gasteiger partial charge in [-0.05, 0) is 50.7 Å². The van der Waals surface area contributed by atoms with Crippen LogP contribution in [0.4, 0.5) is 10.5 Å². The molecule has 1 aromatic rings. The monoisotopic (exact) mass is 320 g/mol. The minimum Gasteiger partial charge on any atom is -0.497 e. The highest BCUT2D eigenvalue weighted by atomic mass is 16.5. The molecule has 2 rings (SSSR count). The molecule has 1 unspecified atom stereocenters. The van der Waals surface area contributed by atoms with Crippen LogP contribution in [0.1, 0.15) is 12.8 Å². The average Bonchev–Trinajstić information content (AvgIpc) is 2.55. The molecule has 1 heterocycles. The third kappa shape index (κ3) is 5.54. The Morgan fingerprint density at radius 1 is 1.30 bits per heavy atom. The van der Waals surface area contributed by atoms with E-state index in [1.54, 1.807) is 31.4 Å². The third-order valence-corrected chi connectivity index (χ3v) is 3.88. The molecule has 1 atom stereocenters. The van der Waals surface area contributed by atoms with Crippen LogP contribution in [0.25, 0.3) is 0 Å². The lowest BCUT2D eigenvalue weighted by molar-refractivity contribution is -0.121. The summed E-state index contributed by atoms with van der Waals surface area (Å²) in [5.74, 6) is 0.406. The summed E-state index contributed by atoms with van der Waals surface area (Å²) >= 11 is 0. The molecule has 0 spiro atoms. The molecule has 3 N–H and O–H groups in total. The van der Waals surface area contributed by atoms with Crippen LogP contribution < -0.4 is 20.7 Å². The van der Waals surface area contributed by atoms with E-state index >= 15 is 0 Å². The molecule has 3 amide bonds. The van der Waals surface area contributed by atoms with Crippen molar-refractivity contribution in [2.45, 2.75) is 18.9 Å². The van der Waals surface area contributed by atoms with Crippen molar-refractivity contribution in [2.75, 3.05) is 39.1 Å². The molecule has 0 aliphatic carbocycles. The normalized spacial score (nSPS) is 18.3. The fourth-order valence-electron chi connectivity index (χ4n) is 2.64. The fraction of sp³-hybridized carbons (Fsp3) is 0.500. The van der Waals surface area contributed by atoms with Crippen LogP contribution in [0.3, 0.4) is 0 Å². The van der Waals surface area contributed by atoms with E-state index < -0.39 is 6.03 Å². The Labute approximate surface area is 136 Å². The Hall–Kier alpha value is -2.12. The van der Waals surface area contributed by atoms with Gasteiger partial charge in [0.05, 0.1) is 13.7 Å². The molecular formula is C16H24N4O3. The Morgan fingerprint density at radius 3 is 2.70 bits per heavy atom. The molecule has 1 fully saturated rings. The molecule has 0 aromatic heterocycles. The molecule has 7 nitrogen and oxygen atoms in total. The number of ether oxygens (including phenoxy) is 1. The van der Waals surface area contributed by atoms with Gasteiger partial charge in [-0.2, -0.15) is 0 Å². The van der Waals surface area contributed by atoms with Gasteiger partial charge >= 0.3 is 6.03 Å². The molecule has 0 radical (unpaired) electrons. The van der Waals surface area contributed by atoms with Gasteiger partial charge in [0.1, 0.15) is 5.75 Å². The number of piperidine rings is 1. The molecule has 23 heavy (non-hydrogen) atoms. The van der Waals surface area contributed by atoms with Crippen molar-refractivity contribution in [3.8, 4) is 5.75 Å². The van der Waals surface area contributed by atoms with Crippen molar-refractivity contribution in [3.05, 3.63) is 24.3 Å². The minimum absolute atomic E-state index is 0.230. The number of rotatable bonds is 5. The van der Waals surface area contributed by atoms with Gasteiger partial charge < -0.3 is 15.4 Å². The third-order valence-electron chi connectivity index (χ3n) is 3.88. The first-order valence-corrected chi connectivity index (χ1v) is 7.75. The number of benzene rings is 1. The number of carbonyl (C=O) groups is 2. The number of anilines is 1. The number of hydrogen-bond donors (Lipinski definition) is 3. The lowest BCUT2D eigenvalue weighted by atomic mass is 10.1. The number of nitrogens with one attached hydrogen (secondary N) is 3. The lowest BCUT2D eigenvalue weighted by Crippen LogP contribution is -2.49. The van der Waals surface area contributed by atoms with Crippen LogP contribution in [0.2, 0.25) is 0 Å². The molecule has 7 heteroatoms. The highest BCUT2D eigenvalue weighted by Crippen LogP contribution is 2.14. The van der Waals surface area contributed by atoms with Crippen LogP contribution in [-0.4, -0.2) is 56.7 Å². The van der Waals surface area contributed by atoms with Crippen molar-refractivity contribution in [1.29, 1.82) is 0 Å². The number of amides is 3. The van der Waals surface area contributed by atoms with Crippen molar-refractivity contribution in [1.82, 2.24) is 15.5 Å². The first kappa shape index (κ1) is 17.2. The number of methoxy groups -OCH3 is 1. The van der Waals surface area contributed by atoms with Crippen LogP contribution in [-0.2, 0) is 4.79 Å². The van der Waals surface area contributed by atoms with Gasteiger partial charge in [-0.25, -0.2) is 4.79 Å². The highest BCUT2D eigenvalue weighted by Gasteiger charge is 2.20. The van der Waals surface area contributed by atoms with E-state index in [4.69, 9.17) is 4.74 Å². The average molecular weight is 320 g/mol. The second-order valence-electron chi connectivity index (χ2n) is 5.59. The summed E-state index contributed by atoms with van der Waals surface area (Å²) in [6.07, 6.45) is 2.17. The predicted octanol–water partition coefficient (Wildman–Crippen LogP) is 1.03. The number of urea groups is 1. The van der Waals surface area contributed by atoms with Gasteiger partial charge in [-0.1, -0.05) is 0 Å². The maximum atomic E-state index is 12.0. The zero-order valence-corrected chi connectivity index (χ0v) is 13.6. The second kappa shape index (κ2) is 8.50. The standard InChI is InChI=1S/C16H24N4O3/c1-17-13-4-3-9-20(10-13)11-15(21)19-16(22)18-12-5-7-14(23-2)8-6-12/h5-8,13,17H,3-4,9-11H2,1-2H3,(H2,18,19,21,22). The first-order valence-electron chi connectivity index (χ1n) is 7.75. The molecule has 1 saturated heterocycles. The fourth-order valence-corrected chi connectivity index (χ4v) is 2.64. The Kier molecular flexibility index (Phi) is 6.37. The topological polar surface area (TPSA) is 82.7 Å². The first-order chi connectivity index (χ1) is 11.1. The summed E-state index contributed by atoms with van der Waals surface area (Å²) in [7, 11) is 3.50. The van der Waals surface area contributed by atoms with Gasteiger partial charge in [0.25, 0.3) is 0 Å². The van der Waals surface area contributed by atoms with E-state index in [0.717, 1.165) is 25.9 Å². The summed E-state index contributed by atoms with van der Waals surface area (Å²) in [4.78, 5) is 25.8. The molecule has 1 aromatic carbocycles. The summed E-state index contributed by atoms with van der Waals surface area (Å²) in [5, 5.41) is 8.21. The predicted molar refractivity (Wildman–Crippen MR) is 88.7 cm³/mol. The molecule has 0 saturated carbocycles. The minimum atomic E-state index is -0.526. The van der Waals surface area contributed by atoms with Gasteiger partial charge in [-0.3, -0.25) is 15.0 Å². The van der Waals surface area contributed by atoms with Crippen molar-refractivity contribution in [2.24, 2.45) is 0 Å². The smallest absolute Gasteiger partial charge is 0.325 e. The second-order valence-corrected chi connectivity index (χ2v) is 5.59. The van der Waals surface area contributed by atoms with Crippen LogP contribution in [0.15, 0.2) is 24.3 Å². The summed E-state index contributed by atoms with van der Waals surface area (Å²) in [6, 6.07) is 6.79. The van der Waals surface area contributed by atoms with Crippen LogP contribution in [0, 0.1) is 0 Å². The highest BCUT2D eigenvalue weighted by molar-refractivity contribution is 6.01. The molecule has 1 aliphatic rings. The molecular weight excluding hydrogens is 296 g/mol. The number of carbonyl (C=O) groups excluding carboxylic acids is 2.